The molecule has 1 aliphatic rings. The normalized spacial score (nSPS) is 12.8. The van der Waals surface area contributed by atoms with Gasteiger partial charge in [0.15, 0.2) is 5.78 Å². The molecule has 0 unspecified atom stereocenters. The SMILES string of the molecule is CC(=O)c1c(C)c2cnc(Nc3ccc(N(C)CCN(C)c4ncc(C#CC(=O)NO)cn4)cn3)nc2n(C2CCCC2)c1=O. The lowest BCUT2D eigenvalue weighted by atomic mass is 10.0. The van der Waals surface area contributed by atoms with Crippen molar-refractivity contribution in [3.8, 4) is 11.8 Å². The topological polar surface area (TPSA) is 171 Å². The van der Waals surface area contributed by atoms with E-state index < -0.39 is 5.91 Å². The van der Waals surface area contributed by atoms with Crippen LogP contribution in [0.15, 0.2) is 41.7 Å². The molecule has 0 aromatic carbocycles. The van der Waals surface area contributed by atoms with E-state index in [1.165, 1.54) is 24.8 Å². The number of carbonyl (C=O) groups excluding carboxylic acids is 2. The molecule has 0 radical (unpaired) electrons. The Hall–Kier alpha value is -5.42. The maximum Gasteiger partial charge on any atom is 0.319 e. The summed E-state index contributed by atoms with van der Waals surface area (Å²) in [5.74, 6) is 5.07. The second-order valence-electron chi connectivity index (χ2n) is 10.9. The van der Waals surface area contributed by atoms with Crippen molar-refractivity contribution in [2.24, 2.45) is 0 Å². The van der Waals surface area contributed by atoms with Gasteiger partial charge in [-0.1, -0.05) is 18.8 Å². The number of pyridine rings is 2. The van der Waals surface area contributed by atoms with Gasteiger partial charge in [0.2, 0.25) is 11.9 Å². The van der Waals surface area contributed by atoms with Crippen molar-refractivity contribution >= 4 is 46.1 Å². The van der Waals surface area contributed by atoms with Crippen LogP contribution in [0.1, 0.15) is 60.1 Å². The molecule has 0 aliphatic heterocycles. The zero-order valence-electron chi connectivity index (χ0n) is 25.5. The molecule has 0 atom stereocenters. The summed E-state index contributed by atoms with van der Waals surface area (Å²) >= 11 is 0. The van der Waals surface area contributed by atoms with Crippen LogP contribution in [-0.2, 0) is 4.79 Å². The maximum absolute atomic E-state index is 13.5. The third-order valence-electron chi connectivity index (χ3n) is 7.85. The first-order valence-corrected chi connectivity index (χ1v) is 14.5. The standard InChI is InChI=1S/C31H34N10O4/c1-19-24-18-33-30(37-28(24)41(22-7-5-6-8-22)29(44)27(19)20(2)42)36-25-11-10-23(17-32-25)39(3)13-14-40(4)31-34-15-21(16-35-31)9-12-26(43)38-45/h10-11,15-18,22,45H,5-8,13-14H2,1-4H3,(H,38,43)(H,32,33,36,37). The van der Waals surface area contributed by atoms with Crippen LogP contribution >= 0.6 is 0 Å². The fraction of sp³-hybridized carbons (Fsp3) is 0.355. The highest BCUT2D eigenvalue weighted by Crippen LogP contribution is 2.32. The van der Waals surface area contributed by atoms with Crippen molar-refractivity contribution in [3.63, 3.8) is 0 Å². The Bertz CT molecular complexity index is 1840. The summed E-state index contributed by atoms with van der Waals surface area (Å²) in [6.07, 6.45) is 10.2. The van der Waals surface area contributed by atoms with E-state index in [1.54, 1.807) is 23.9 Å². The summed E-state index contributed by atoms with van der Waals surface area (Å²) in [5, 5.41) is 12.4. The number of hydrogen-bond donors (Lipinski definition) is 3. The number of likely N-dealkylation sites (N-methyl/N-ethyl adjacent to an activating group) is 2. The smallest absolute Gasteiger partial charge is 0.319 e. The van der Waals surface area contributed by atoms with Gasteiger partial charge in [-0.25, -0.2) is 25.4 Å². The Morgan fingerprint density at radius 3 is 2.38 bits per heavy atom. The average molecular weight is 611 g/mol. The summed E-state index contributed by atoms with van der Waals surface area (Å²) in [6.45, 7) is 4.47. The van der Waals surface area contributed by atoms with Crippen LogP contribution < -0.4 is 26.2 Å². The molecule has 3 N–H and O–H groups in total. The van der Waals surface area contributed by atoms with Crippen molar-refractivity contribution in [3.05, 3.63) is 64.0 Å². The van der Waals surface area contributed by atoms with Crippen LogP contribution in [0.4, 0.5) is 23.4 Å². The van der Waals surface area contributed by atoms with Gasteiger partial charge in [0.05, 0.1) is 23.0 Å². The molecule has 232 valence electrons. The third kappa shape index (κ3) is 6.89. The first-order chi connectivity index (χ1) is 21.7. The van der Waals surface area contributed by atoms with E-state index in [2.05, 4.69) is 37.1 Å². The molecule has 1 saturated carbocycles. The Morgan fingerprint density at radius 1 is 1.02 bits per heavy atom. The Balaban J connectivity index is 1.26. The zero-order valence-corrected chi connectivity index (χ0v) is 25.5. The Kier molecular flexibility index (Phi) is 9.29. The monoisotopic (exact) mass is 610 g/mol. The van der Waals surface area contributed by atoms with Crippen molar-refractivity contribution in [1.82, 2.24) is 35.0 Å². The molecule has 45 heavy (non-hydrogen) atoms. The van der Waals surface area contributed by atoms with E-state index in [1.807, 2.05) is 36.0 Å². The largest absolute Gasteiger partial charge is 0.372 e. The van der Waals surface area contributed by atoms with Crippen molar-refractivity contribution in [2.75, 3.05) is 42.3 Å². The molecule has 1 aliphatic carbocycles. The minimum Gasteiger partial charge on any atom is -0.372 e. The van der Waals surface area contributed by atoms with E-state index in [9.17, 15) is 14.4 Å². The summed E-state index contributed by atoms with van der Waals surface area (Å²) in [4.78, 5) is 63.1. The predicted molar refractivity (Wildman–Crippen MR) is 169 cm³/mol. The minimum absolute atomic E-state index is 0.000716. The third-order valence-corrected chi connectivity index (χ3v) is 7.85. The van der Waals surface area contributed by atoms with E-state index in [4.69, 9.17) is 10.2 Å². The van der Waals surface area contributed by atoms with Crippen molar-refractivity contribution in [2.45, 2.75) is 45.6 Å². The molecule has 1 fully saturated rings. The number of aryl methyl sites for hydroxylation is 1. The molecule has 4 heterocycles. The number of hydrogen-bond acceptors (Lipinski definition) is 12. The number of rotatable bonds is 9. The summed E-state index contributed by atoms with van der Waals surface area (Å²) < 4.78 is 1.69. The lowest BCUT2D eigenvalue weighted by molar-refractivity contribution is -0.123. The number of hydroxylamine groups is 1. The van der Waals surface area contributed by atoms with Gasteiger partial charge >= 0.3 is 5.91 Å². The lowest BCUT2D eigenvalue weighted by Gasteiger charge is -2.23. The molecule has 5 rings (SSSR count). The lowest BCUT2D eigenvalue weighted by Crippen LogP contribution is -2.31. The molecular formula is C31H34N10O4. The first kappa shape index (κ1) is 31.0. The zero-order chi connectivity index (χ0) is 32.1. The number of Topliss-reactive ketones (excluding diaryl/α,β-unsaturated/α-hetero) is 1. The molecule has 0 bridgehead atoms. The minimum atomic E-state index is -0.814. The predicted octanol–water partition coefficient (Wildman–Crippen LogP) is 2.78. The maximum atomic E-state index is 13.5. The van der Waals surface area contributed by atoms with Crippen molar-refractivity contribution in [1.29, 1.82) is 0 Å². The molecule has 4 aromatic heterocycles. The average Bonchev–Trinajstić information content (AvgIpc) is 3.57. The highest BCUT2D eigenvalue weighted by molar-refractivity contribution is 5.99. The number of fused-ring (bicyclic) bond motifs is 1. The molecule has 4 aromatic rings. The Labute approximate surface area is 259 Å². The van der Waals surface area contributed by atoms with Gasteiger partial charge in [-0.15, -0.1) is 0 Å². The number of ketones is 1. The Morgan fingerprint density at radius 2 is 1.73 bits per heavy atom. The van der Waals surface area contributed by atoms with Crippen LogP contribution in [0.2, 0.25) is 0 Å². The van der Waals surface area contributed by atoms with Gasteiger partial charge in [-0.05, 0) is 44.4 Å². The summed E-state index contributed by atoms with van der Waals surface area (Å²) in [7, 11) is 3.83. The van der Waals surface area contributed by atoms with Crippen LogP contribution in [0, 0.1) is 18.8 Å². The molecule has 14 nitrogen and oxygen atoms in total. The molecule has 1 amide bonds. The number of amides is 1. The first-order valence-electron chi connectivity index (χ1n) is 14.5. The van der Waals surface area contributed by atoms with Crippen LogP contribution in [0.3, 0.4) is 0 Å². The van der Waals surface area contributed by atoms with E-state index in [0.29, 0.717) is 53.0 Å². The van der Waals surface area contributed by atoms with E-state index in [-0.39, 0.29) is 22.9 Å². The fourth-order valence-corrected chi connectivity index (χ4v) is 5.38. The van der Waals surface area contributed by atoms with E-state index in [0.717, 1.165) is 31.4 Å². The summed E-state index contributed by atoms with van der Waals surface area (Å²) in [6, 6.07) is 3.76. The van der Waals surface area contributed by atoms with Gasteiger partial charge in [0, 0.05) is 63.1 Å². The number of carbonyl (C=O) groups is 2. The fourth-order valence-electron chi connectivity index (χ4n) is 5.38. The number of anilines is 4. The van der Waals surface area contributed by atoms with Gasteiger partial charge in [0.1, 0.15) is 11.5 Å². The molecule has 14 heteroatoms. The van der Waals surface area contributed by atoms with Crippen LogP contribution in [-0.4, -0.2) is 73.6 Å². The van der Waals surface area contributed by atoms with Gasteiger partial charge in [0.25, 0.3) is 5.56 Å². The highest BCUT2D eigenvalue weighted by Gasteiger charge is 2.26. The molecular weight excluding hydrogens is 576 g/mol. The number of nitrogens with zero attached hydrogens (tertiary/aromatic N) is 8. The van der Waals surface area contributed by atoms with Crippen LogP contribution in [0.25, 0.3) is 11.0 Å². The number of nitrogens with one attached hydrogen (secondary N) is 2. The quantitative estimate of drug-likeness (QED) is 0.110. The summed E-state index contributed by atoms with van der Waals surface area (Å²) in [5.41, 5.74) is 3.82. The van der Waals surface area contributed by atoms with Gasteiger partial charge in [-0.3, -0.25) is 24.2 Å². The van der Waals surface area contributed by atoms with Crippen molar-refractivity contribution < 1.29 is 14.8 Å². The second kappa shape index (κ2) is 13.5. The van der Waals surface area contributed by atoms with Crippen LogP contribution in [0.5, 0.6) is 0 Å². The second-order valence-corrected chi connectivity index (χ2v) is 10.9. The van der Waals surface area contributed by atoms with E-state index >= 15 is 0 Å². The van der Waals surface area contributed by atoms with Gasteiger partial charge < -0.3 is 15.1 Å². The molecule has 0 spiro atoms. The van der Waals surface area contributed by atoms with Gasteiger partial charge in [-0.2, -0.15) is 4.98 Å². The highest BCUT2D eigenvalue weighted by atomic mass is 16.5. The number of aromatic nitrogens is 6. The molecule has 0 saturated heterocycles.